The van der Waals surface area contributed by atoms with Gasteiger partial charge in [0, 0.05) is 25.0 Å². The molecule has 4 heteroatoms. The lowest BCUT2D eigenvalue weighted by atomic mass is 9.78. The lowest BCUT2D eigenvalue weighted by molar-refractivity contribution is -0.118. The highest BCUT2D eigenvalue weighted by molar-refractivity contribution is 5.97. The van der Waals surface area contributed by atoms with Crippen LogP contribution in [-0.2, 0) is 9.53 Å². The molecule has 144 valence electrons. The third-order valence-electron chi connectivity index (χ3n) is 5.54. The third-order valence-corrected chi connectivity index (χ3v) is 5.54. The minimum absolute atomic E-state index is 0.0379. The fourth-order valence-electron chi connectivity index (χ4n) is 3.83. The molecule has 4 nitrogen and oxygen atoms in total. The average molecular weight is 360 g/mol. The topological polar surface area (TPSA) is 66.8 Å². The summed E-state index contributed by atoms with van der Waals surface area (Å²) in [5, 5.41) is 21.3. The maximum atomic E-state index is 12.4. The molecule has 0 heterocycles. The van der Waals surface area contributed by atoms with Crippen molar-refractivity contribution in [3.8, 4) is 0 Å². The first kappa shape index (κ1) is 20.7. The van der Waals surface area contributed by atoms with Gasteiger partial charge in [-0.25, -0.2) is 0 Å². The van der Waals surface area contributed by atoms with Crippen LogP contribution >= 0.6 is 0 Å². The number of aliphatic hydroxyl groups is 2. The van der Waals surface area contributed by atoms with E-state index in [1.165, 1.54) is 5.57 Å². The molecule has 2 aliphatic carbocycles. The van der Waals surface area contributed by atoms with E-state index in [9.17, 15) is 15.0 Å². The standard InChI is InChI=1S/C22H32O4/c1-14(2)7-6-8-15(3)16-11-12-22(4,25)18(16)13-17-19(23)9-10-20(26-5)21(17)24/h7-8,11,18,20,24-25H,6,9-10,12-13H2,1-5H3. The van der Waals surface area contributed by atoms with Gasteiger partial charge in [-0.15, -0.1) is 0 Å². The van der Waals surface area contributed by atoms with Crippen LogP contribution in [0, 0.1) is 5.92 Å². The van der Waals surface area contributed by atoms with Crippen LogP contribution < -0.4 is 0 Å². The van der Waals surface area contributed by atoms with E-state index in [0.717, 1.165) is 17.6 Å². The van der Waals surface area contributed by atoms with Crippen LogP contribution in [0.5, 0.6) is 0 Å². The predicted octanol–water partition coefficient (Wildman–Crippen LogP) is 4.57. The van der Waals surface area contributed by atoms with Crippen LogP contribution in [0.2, 0.25) is 0 Å². The molecule has 0 aromatic rings. The zero-order valence-corrected chi connectivity index (χ0v) is 16.6. The van der Waals surface area contributed by atoms with Crippen molar-refractivity contribution in [2.24, 2.45) is 5.92 Å². The Hall–Kier alpha value is -1.65. The summed E-state index contributed by atoms with van der Waals surface area (Å²) in [6, 6.07) is 0. The molecule has 2 aliphatic rings. The largest absolute Gasteiger partial charge is 0.509 e. The van der Waals surface area contributed by atoms with Crippen molar-refractivity contribution in [3.63, 3.8) is 0 Å². The number of aliphatic hydroxyl groups excluding tert-OH is 1. The molecule has 0 saturated heterocycles. The summed E-state index contributed by atoms with van der Waals surface area (Å²) in [5.41, 5.74) is 2.96. The highest BCUT2D eigenvalue weighted by atomic mass is 16.5. The monoisotopic (exact) mass is 360 g/mol. The van der Waals surface area contributed by atoms with E-state index in [4.69, 9.17) is 4.74 Å². The second kappa shape index (κ2) is 8.36. The van der Waals surface area contributed by atoms with Gasteiger partial charge in [0.25, 0.3) is 0 Å². The van der Waals surface area contributed by atoms with Crippen LogP contribution in [-0.4, -0.2) is 34.8 Å². The minimum atomic E-state index is -0.922. The van der Waals surface area contributed by atoms with Gasteiger partial charge in [0.05, 0.1) is 5.60 Å². The van der Waals surface area contributed by atoms with Crippen molar-refractivity contribution in [2.75, 3.05) is 7.11 Å². The summed E-state index contributed by atoms with van der Waals surface area (Å²) in [5.74, 6) is -0.205. The zero-order valence-electron chi connectivity index (χ0n) is 16.6. The molecule has 26 heavy (non-hydrogen) atoms. The molecule has 0 amide bonds. The fraction of sp³-hybridized carbons (Fsp3) is 0.591. The molecular formula is C22H32O4. The van der Waals surface area contributed by atoms with Gasteiger partial charge in [-0.1, -0.05) is 29.4 Å². The minimum Gasteiger partial charge on any atom is -0.509 e. The number of carbonyl (C=O) groups excluding carboxylic acids is 1. The van der Waals surface area contributed by atoms with E-state index < -0.39 is 11.7 Å². The predicted molar refractivity (Wildman–Crippen MR) is 104 cm³/mol. The van der Waals surface area contributed by atoms with Crippen LogP contribution in [0.3, 0.4) is 0 Å². The number of carbonyl (C=O) groups is 1. The Labute approximate surface area is 156 Å². The smallest absolute Gasteiger partial charge is 0.162 e. The molecule has 3 unspecified atom stereocenters. The molecule has 0 bridgehead atoms. The molecule has 0 fully saturated rings. The first-order valence-corrected chi connectivity index (χ1v) is 9.38. The maximum Gasteiger partial charge on any atom is 0.162 e. The summed E-state index contributed by atoms with van der Waals surface area (Å²) >= 11 is 0. The summed E-state index contributed by atoms with van der Waals surface area (Å²) in [4.78, 5) is 12.4. The lowest BCUT2D eigenvalue weighted by Crippen LogP contribution is -2.34. The van der Waals surface area contributed by atoms with Crippen LogP contribution in [0.4, 0.5) is 0 Å². The van der Waals surface area contributed by atoms with Gasteiger partial charge in [-0.3, -0.25) is 4.79 Å². The molecule has 2 N–H and O–H groups in total. The van der Waals surface area contributed by atoms with E-state index in [-0.39, 0.29) is 17.5 Å². The highest BCUT2D eigenvalue weighted by Gasteiger charge is 2.41. The van der Waals surface area contributed by atoms with Gasteiger partial charge in [0.1, 0.15) is 11.9 Å². The van der Waals surface area contributed by atoms with Crippen molar-refractivity contribution in [2.45, 2.75) is 71.5 Å². The van der Waals surface area contributed by atoms with E-state index in [1.807, 2.05) is 13.8 Å². The summed E-state index contributed by atoms with van der Waals surface area (Å²) < 4.78 is 5.29. The van der Waals surface area contributed by atoms with Gasteiger partial charge in [0.15, 0.2) is 5.78 Å². The second-order valence-electron chi connectivity index (χ2n) is 7.93. The molecule has 3 atom stereocenters. The molecule has 0 aromatic heterocycles. The van der Waals surface area contributed by atoms with E-state index >= 15 is 0 Å². The Kier molecular flexibility index (Phi) is 6.64. The van der Waals surface area contributed by atoms with Gasteiger partial charge < -0.3 is 14.9 Å². The quantitative estimate of drug-likeness (QED) is 0.681. The number of rotatable bonds is 6. The van der Waals surface area contributed by atoms with Crippen molar-refractivity contribution in [3.05, 3.63) is 46.3 Å². The summed E-state index contributed by atoms with van der Waals surface area (Å²) in [6.45, 7) is 8.00. The maximum absolute atomic E-state index is 12.4. The van der Waals surface area contributed by atoms with Crippen molar-refractivity contribution in [1.29, 1.82) is 0 Å². The van der Waals surface area contributed by atoms with E-state index in [1.54, 1.807) is 7.11 Å². The normalized spacial score (nSPS) is 29.8. The Morgan fingerprint density at radius 2 is 2.04 bits per heavy atom. The Morgan fingerprint density at radius 3 is 2.65 bits per heavy atom. The van der Waals surface area contributed by atoms with Gasteiger partial charge in [0.2, 0.25) is 0 Å². The molecular weight excluding hydrogens is 328 g/mol. The van der Waals surface area contributed by atoms with Gasteiger partial charge in [-0.2, -0.15) is 0 Å². The first-order valence-electron chi connectivity index (χ1n) is 9.38. The number of hydrogen-bond donors (Lipinski definition) is 2. The number of hydrogen-bond acceptors (Lipinski definition) is 4. The summed E-state index contributed by atoms with van der Waals surface area (Å²) in [7, 11) is 1.54. The SMILES string of the molecule is COC1CCC(=O)C(CC2C(C(C)=CCC=C(C)C)=CCC2(C)O)=C1O. The van der Waals surface area contributed by atoms with Gasteiger partial charge >= 0.3 is 0 Å². The number of Topliss-reactive ketones (excluding diaryl/α,β-unsaturated/α-hetero) is 1. The molecule has 0 aliphatic heterocycles. The molecule has 2 rings (SSSR count). The average Bonchev–Trinajstić information content (AvgIpc) is 2.86. The zero-order chi connectivity index (χ0) is 19.5. The number of ketones is 1. The van der Waals surface area contributed by atoms with Crippen molar-refractivity contribution < 1.29 is 19.7 Å². The third kappa shape index (κ3) is 4.54. The van der Waals surface area contributed by atoms with Crippen LogP contribution in [0.1, 0.15) is 59.8 Å². The summed E-state index contributed by atoms with van der Waals surface area (Å²) in [6.07, 6.45) is 8.59. The van der Waals surface area contributed by atoms with Crippen LogP contribution in [0.15, 0.2) is 46.3 Å². The molecule has 0 saturated carbocycles. The van der Waals surface area contributed by atoms with E-state index in [0.29, 0.717) is 31.3 Å². The van der Waals surface area contributed by atoms with Gasteiger partial charge in [-0.05, 0) is 59.0 Å². The molecule has 0 aromatic carbocycles. The number of ether oxygens (including phenoxy) is 1. The van der Waals surface area contributed by atoms with E-state index in [2.05, 4.69) is 32.1 Å². The fourth-order valence-corrected chi connectivity index (χ4v) is 3.83. The van der Waals surface area contributed by atoms with Crippen molar-refractivity contribution in [1.82, 2.24) is 0 Å². The number of methoxy groups -OCH3 is 1. The van der Waals surface area contributed by atoms with Crippen molar-refractivity contribution >= 4 is 5.78 Å². The second-order valence-corrected chi connectivity index (χ2v) is 7.93. The molecule has 0 spiro atoms. The Morgan fingerprint density at radius 1 is 1.35 bits per heavy atom. The first-order chi connectivity index (χ1) is 12.2. The molecule has 0 radical (unpaired) electrons. The lowest BCUT2D eigenvalue weighted by Gasteiger charge is -2.31. The Balaban J connectivity index is 2.28. The van der Waals surface area contributed by atoms with Crippen LogP contribution in [0.25, 0.3) is 0 Å². The highest BCUT2D eigenvalue weighted by Crippen LogP contribution is 2.44. The number of allylic oxidation sites excluding steroid dienone is 5. The Bertz CT molecular complexity index is 672.